The lowest BCUT2D eigenvalue weighted by atomic mass is 10.3. The van der Waals surface area contributed by atoms with Gasteiger partial charge in [-0.3, -0.25) is 14.6 Å². The summed E-state index contributed by atoms with van der Waals surface area (Å²) in [6.45, 7) is 7.63. The maximum absolute atomic E-state index is 12.0. The van der Waals surface area contributed by atoms with Crippen molar-refractivity contribution in [1.29, 1.82) is 0 Å². The van der Waals surface area contributed by atoms with Crippen LogP contribution >= 0.6 is 0 Å². The van der Waals surface area contributed by atoms with Crippen molar-refractivity contribution in [2.75, 3.05) is 78.0 Å². The molecule has 0 aromatic heterocycles. The Morgan fingerprint density at radius 1 is 1.16 bits per heavy atom. The van der Waals surface area contributed by atoms with Crippen LogP contribution in [-0.2, 0) is 9.53 Å². The third-order valence-electron chi connectivity index (χ3n) is 4.50. The van der Waals surface area contributed by atoms with Crippen LogP contribution in [0.15, 0.2) is 30.3 Å². The first-order chi connectivity index (χ1) is 12.1. The average Bonchev–Trinajstić information content (AvgIpc) is 2.65. The second-order valence-electron chi connectivity index (χ2n) is 6.65. The molecule has 2 rings (SSSR count). The highest BCUT2D eigenvalue weighted by Crippen LogP contribution is 2.10. The molecule has 0 unspecified atom stereocenters. The van der Waals surface area contributed by atoms with Crippen molar-refractivity contribution in [1.82, 2.24) is 15.1 Å². The number of rotatable bonds is 10. The number of hydrogen-bond donors (Lipinski definition) is 1. The molecule has 0 aliphatic carbocycles. The highest BCUT2D eigenvalue weighted by Gasteiger charge is 2.12. The largest absolute Gasteiger partial charge is 0.379 e. The zero-order chi connectivity index (χ0) is 17.9. The van der Waals surface area contributed by atoms with E-state index in [1.807, 2.05) is 25.2 Å². The lowest BCUT2D eigenvalue weighted by Gasteiger charge is -2.28. The molecule has 0 radical (unpaired) electrons. The summed E-state index contributed by atoms with van der Waals surface area (Å²) >= 11 is 0. The number of benzene rings is 1. The van der Waals surface area contributed by atoms with Crippen LogP contribution < -0.4 is 10.2 Å². The predicted octanol–water partition coefficient (Wildman–Crippen LogP) is 0.893. The molecule has 1 aromatic carbocycles. The fourth-order valence-electron chi connectivity index (χ4n) is 2.87. The summed E-state index contributed by atoms with van der Waals surface area (Å²) in [4.78, 5) is 18.7. The molecule has 0 saturated carbocycles. The molecule has 1 N–H and O–H groups in total. The minimum Gasteiger partial charge on any atom is -0.379 e. The average molecular weight is 348 g/mol. The number of amides is 1. The fourth-order valence-corrected chi connectivity index (χ4v) is 2.87. The van der Waals surface area contributed by atoms with E-state index in [1.54, 1.807) is 0 Å². The minimum absolute atomic E-state index is 0.104. The molecule has 1 fully saturated rings. The summed E-state index contributed by atoms with van der Waals surface area (Å²) in [6, 6.07) is 10.3. The van der Waals surface area contributed by atoms with E-state index in [-0.39, 0.29) is 5.91 Å². The summed E-state index contributed by atoms with van der Waals surface area (Å²) in [5, 5.41) is 3.02. The number of morpholine rings is 1. The third kappa shape index (κ3) is 7.86. The zero-order valence-corrected chi connectivity index (χ0v) is 15.6. The van der Waals surface area contributed by atoms with Gasteiger partial charge in [0.05, 0.1) is 19.8 Å². The van der Waals surface area contributed by atoms with E-state index in [0.29, 0.717) is 13.1 Å². The van der Waals surface area contributed by atoms with Gasteiger partial charge in [0.1, 0.15) is 0 Å². The van der Waals surface area contributed by atoms with E-state index in [9.17, 15) is 4.79 Å². The number of nitrogens with zero attached hydrogens (tertiary/aromatic N) is 3. The van der Waals surface area contributed by atoms with Crippen molar-refractivity contribution < 1.29 is 9.53 Å². The van der Waals surface area contributed by atoms with E-state index in [4.69, 9.17) is 4.74 Å². The van der Waals surface area contributed by atoms with Crippen LogP contribution in [0.2, 0.25) is 0 Å². The Bertz CT molecular complexity index is 491. The monoisotopic (exact) mass is 348 g/mol. The van der Waals surface area contributed by atoms with Gasteiger partial charge < -0.3 is 15.0 Å². The van der Waals surface area contributed by atoms with Gasteiger partial charge >= 0.3 is 0 Å². The van der Waals surface area contributed by atoms with Crippen molar-refractivity contribution in [2.24, 2.45) is 0 Å². The number of para-hydroxylation sites is 1. The molecular formula is C19H32N4O2. The van der Waals surface area contributed by atoms with Gasteiger partial charge in [-0.15, -0.1) is 0 Å². The summed E-state index contributed by atoms with van der Waals surface area (Å²) in [7, 11) is 4.08. The first-order valence-electron chi connectivity index (χ1n) is 9.16. The zero-order valence-electron chi connectivity index (χ0n) is 15.6. The summed E-state index contributed by atoms with van der Waals surface area (Å²) in [5.74, 6) is 0.104. The van der Waals surface area contributed by atoms with Crippen molar-refractivity contribution in [2.45, 2.75) is 6.42 Å². The number of ether oxygens (including phenoxy) is 1. The van der Waals surface area contributed by atoms with E-state index in [0.717, 1.165) is 52.4 Å². The lowest BCUT2D eigenvalue weighted by molar-refractivity contribution is -0.122. The molecule has 1 saturated heterocycles. The van der Waals surface area contributed by atoms with Crippen LogP contribution in [0.1, 0.15) is 6.42 Å². The first kappa shape index (κ1) is 19.7. The Hall–Kier alpha value is -1.63. The van der Waals surface area contributed by atoms with Crippen LogP contribution in [-0.4, -0.2) is 88.8 Å². The van der Waals surface area contributed by atoms with Gasteiger partial charge in [0.25, 0.3) is 0 Å². The van der Waals surface area contributed by atoms with Crippen LogP contribution in [0.5, 0.6) is 0 Å². The Kier molecular flexibility index (Phi) is 8.72. The van der Waals surface area contributed by atoms with Crippen LogP contribution in [0.25, 0.3) is 0 Å². The highest BCUT2D eigenvalue weighted by atomic mass is 16.5. The quantitative estimate of drug-likeness (QED) is 0.637. The fraction of sp³-hybridized carbons (Fsp3) is 0.632. The molecular weight excluding hydrogens is 316 g/mol. The summed E-state index contributed by atoms with van der Waals surface area (Å²) < 4.78 is 5.35. The standard InChI is InChI=1S/C19H32N4O2/c1-21(11-12-23-13-15-25-16-14-23)17-19(24)20-9-6-10-22(2)18-7-4-3-5-8-18/h3-5,7-8H,6,9-17H2,1-2H3,(H,20,24). The van der Waals surface area contributed by atoms with Crippen molar-refractivity contribution in [3.8, 4) is 0 Å². The topological polar surface area (TPSA) is 48.1 Å². The minimum atomic E-state index is 0.104. The normalized spacial score (nSPS) is 15.3. The second-order valence-corrected chi connectivity index (χ2v) is 6.65. The maximum atomic E-state index is 12.0. The third-order valence-corrected chi connectivity index (χ3v) is 4.50. The molecule has 0 atom stereocenters. The van der Waals surface area contributed by atoms with Gasteiger partial charge in [0, 0.05) is 52.0 Å². The molecule has 140 valence electrons. The van der Waals surface area contributed by atoms with Crippen LogP contribution in [0.3, 0.4) is 0 Å². The van der Waals surface area contributed by atoms with Gasteiger partial charge in [-0.25, -0.2) is 0 Å². The highest BCUT2D eigenvalue weighted by molar-refractivity contribution is 5.77. The molecule has 1 aromatic rings. The van der Waals surface area contributed by atoms with Gasteiger partial charge in [-0.05, 0) is 25.6 Å². The van der Waals surface area contributed by atoms with Crippen molar-refractivity contribution >= 4 is 11.6 Å². The molecule has 6 heteroatoms. The number of likely N-dealkylation sites (N-methyl/N-ethyl adjacent to an activating group) is 1. The van der Waals surface area contributed by atoms with E-state index >= 15 is 0 Å². The maximum Gasteiger partial charge on any atom is 0.234 e. The molecule has 25 heavy (non-hydrogen) atoms. The molecule has 1 heterocycles. The Balaban J connectivity index is 1.52. The lowest BCUT2D eigenvalue weighted by Crippen LogP contribution is -2.43. The van der Waals surface area contributed by atoms with Gasteiger partial charge in [-0.1, -0.05) is 18.2 Å². The number of hydrogen-bond acceptors (Lipinski definition) is 5. The molecule has 1 aliphatic rings. The van der Waals surface area contributed by atoms with Crippen molar-refractivity contribution in [3.63, 3.8) is 0 Å². The number of nitrogens with one attached hydrogen (secondary N) is 1. The second kappa shape index (κ2) is 11.1. The SMILES string of the molecule is CN(CCN1CCOCC1)CC(=O)NCCCN(C)c1ccccc1. The number of carbonyl (C=O) groups excluding carboxylic acids is 1. The Labute approximate surface area is 151 Å². The molecule has 0 spiro atoms. The summed E-state index contributed by atoms with van der Waals surface area (Å²) in [6.07, 6.45) is 0.939. The van der Waals surface area contributed by atoms with Crippen LogP contribution in [0.4, 0.5) is 5.69 Å². The smallest absolute Gasteiger partial charge is 0.234 e. The van der Waals surface area contributed by atoms with Crippen LogP contribution in [0, 0.1) is 0 Å². The predicted molar refractivity (Wildman–Crippen MR) is 102 cm³/mol. The molecule has 1 amide bonds. The molecule has 6 nitrogen and oxygen atoms in total. The van der Waals surface area contributed by atoms with E-state index in [2.05, 4.69) is 39.2 Å². The van der Waals surface area contributed by atoms with Gasteiger partial charge in [0.15, 0.2) is 0 Å². The Morgan fingerprint density at radius 2 is 1.88 bits per heavy atom. The Morgan fingerprint density at radius 3 is 2.60 bits per heavy atom. The molecule has 1 aliphatic heterocycles. The van der Waals surface area contributed by atoms with Gasteiger partial charge in [0.2, 0.25) is 5.91 Å². The van der Waals surface area contributed by atoms with Crippen molar-refractivity contribution in [3.05, 3.63) is 30.3 Å². The first-order valence-corrected chi connectivity index (χ1v) is 9.16. The number of carbonyl (C=O) groups is 1. The van der Waals surface area contributed by atoms with Gasteiger partial charge in [-0.2, -0.15) is 0 Å². The number of anilines is 1. The molecule has 0 bridgehead atoms. The van der Waals surface area contributed by atoms with E-state index < -0.39 is 0 Å². The summed E-state index contributed by atoms with van der Waals surface area (Å²) in [5.41, 5.74) is 1.21. The van der Waals surface area contributed by atoms with E-state index in [1.165, 1.54) is 5.69 Å².